The van der Waals surface area contributed by atoms with E-state index < -0.39 is 10.0 Å². The molecular weight excluding hydrogens is 426 g/mol. The Bertz CT molecular complexity index is 1000. The fourth-order valence-corrected chi connectivity index (χ4v) is 5.30. The summed E-state index contributed by atoms with van der Waals surface area (Å²) in [5.74, 6) is -0.329. The lowest BCUT2D eigenvalue weighted by atomic mass is 10.2. The molecule has 3 rings (SSSR count). The van der Waals surface area contributed by atoms with Crippen LogP contribution >= 0.6 is 11.6 Å². The van der Waals surface area contributed by atoms with Gasteiger partial charge in [0.2, 0.25) is 5.03 Å². The molecule has 0 N–H and O–H groups in total. The third-order valence-electron chi connectivity index (χ3n) is 5.24. The van der Waals surface area contributed by atoms with E-state index in [-0.39, 0.29) is 16.5 Å². The molecule has 1 fully saturated rings. The van der Waals surface area contributed by atoms with Crippen molar-refractivity contribution in [3.8, 4) is 0 Å². The zero-order chi connectivity index (χ0) is 21.9. The van der Waals surface area contributed by atoms with Gasteiger partial charge in [0.15, 0.2) is 0 Å². The van der Waals surface area contributed by atoms with Crippen LogP contribution in [-0.2, 0) is 17.1 Å². The van der Waals surface area contributed by atoms with Crippen molar-refractivity contribution in [3.63, 3.8) is 0 Å². The van der Waals surface area contributed by atoms with E-state index in [9.17, 15) is 13.2 Å². The summed E-state index contributed by atoms with van der Waals surface area (Å²) in [6, 6.07) is 7.52. The third kappa shape index (κ3) is 4.63. The van der Waals surface area contributed by atoms with Crippen molar-refractivity contribution in [3.05, 3.63) is 41.0 Å². The predicted octanol–water partition coefficient (Wildman–Crippen LogP) is 2.46. The van der Waals surface area contributed by atoms with Gasteiger partial charge in [0.25, 0.3) is 15.9 Å². The Morgan fingerprint density at radius 3 is 2.50 bits per heavy atom. The van der Waals surface area contributed by atoms with Crippen LogP contribution < -0.4 is 4.90 Å². The Morgan fingerprint density at radius 1 is 1.20 bits per heavy atom. The zero-order valence-corrected chi connectivity index (χ0v) is 19.2. The molecule has 1 aliphatic heterocycles. The number of anilines is 1. The number of benzene rings is 1. The Morgan fingerprint density at radius 2 is 1.87 bits per heavy atom. The number of amides is 1. The molecule has 8 nitrogen and oxygen atoms in total. The van der Waals surface area contributed by atoms with E-state index in [1.807, 2.05) is 31.2 Å². The van der Waals surface area contributed by atoms with Gasteiger partial charge in [0, 0.05) is 53.0 Å². The van der Waals surface area contributed by atoms with Gasteiger partial charge in [-0.1, -0.05) is 37.1 Å². The van der Waals surface area contributed by atoms with E-state index in [4.69, 9.17) is 11.6 Å². The molecule has 30 heavy (non-hydrogen) atoms. The number of halogens is 1. The standard InChI is InChI=1S/C20H28ClN5O3S/c1-4-5-10-23(2)20(27)16-15-24(3)22-19(16)30(28,29)26-13-11-25(12-14-26)18-9-7-6-8-17(18)21/h6-9,15H,4-5,10-14H2,1-3H3. The quantitative estimate of drug-likeness (QED) is 0.643. The summed E-state index contributed by atoms with van der Waals surface area (Å²) in [4.78, 5) is 16.5. The summed E-state index contributed by atoms with van der Waals surface area (Å²) in [7, 11) is -0.586. The smallest absolute Gasteiger partial charge is 0.263 e. The predicted molar refractivity (Wildman–Crippen MR) is 118 cm³/mol. The first kappa shape index (κ1) is 22.6. The second-order valence-corrected chi connectivity index (χ2v) is 9.70. The highest BCUT2D eigenvalue weighted by Crippen LogP contribution is 2.28. The number of carbonyl (C=O) groups is 1. The van der Waals surface area contributed by atoms with Crippen LogP contribution in [0.1, 0.15) is 30.1 Å². The normalized spacial score (nSPS) is 15.4. The fraction of sp³-hybridized carbons (Fsp3) is 0.500. The molecule has 2 heterocycles. The summed E-state index contributed by atoms with van der Waals surface area (Å²) in [5.41, 5.74) is 1.01. The SMILES string of the molecule is CCCCN(C)C(=O)c1cn(C)nc1S(=O)(=O)N1CCN(c2ccccc2Cl)CC1. The summed E-state index contributed by atoms with van der Waals surface area (Å²) < 4.78 is 29.4. The van der Waals surface area contributed by atoms with Crippen molar-refractivity contribution in [1.82, 2.24) is 19.0 Å². The lowest BCUT2D eigenvalue weighted by Gasteiger charge is -2.35. The van der Waals surface area contributed by atoms with E-state index in [0.29, 0.717) is 37.7 Å². The summed E-state index contributed by atoms with van der Waals surface area (Å²) in [5, 5.41) is 4.60. The summed E-state index contributed by atoms with van der Waals surface area (Å²) >= 11 is 6.28. The number of nitrogens with zero attached hydrogens (tertiary/aromatic N) is 5. The molecule has 0 aliphatic carbocycles. The molecule has 0 spiro atoms. The number of piperazine rings is 1. The largest absolute Gasteiger partial charge is 0.368 e. The maximum Gasteiger partial charge on any atom is 0.263 e. The molecule has 0 radical (unpaired) electrons. The Balaban J connectivity index is 1.78. The van der Waals surface area contributed by atoms with Gasteiger partial charge in [-0.05, 0) is 18.6 Å². The van der Waals surface area contributed by atoms with Crippen LogP contribution in [0.2, 0.25) is 5.02 Å². The Hall–Kier alpha value is -2.10. The molecule has 1 saturated heterocycles. The lowest BCUT2D eigenvalue weighted by molar-refractivity contribution is 0.0789. The van der Waals surface area contributed by atoms with Crippen LogP contribution in [0, 0.1) is 0 Å². The minimum Gasteiger partial charge on any atom is -0.368 e. The molecule has 164 valence electrons. The van der Waals surface area contributed by atoms with E-state index in [2.05, 4.69) is 10.00 Å². The van der Waals surface area contributed by atoms with E-state index in [1.165, 1.54) is 15.2 Å². The molecule has 10 heteroatoms. The maximum absolute atomic E-state index is 13.3. The van der Waals surface area contributed by atoms with Crippen LogP contribution in [0.15, 0.2) is 35.5 Å². The number of unbranched alkanes of at least 4 members (excludes halogenated alkanes) is 1. The number of rotatable bonds is 7. The number of carbonyl (C=O) groups excluding carboxylic acids is 1. The minimum absolute atomic E-state index is 0.115. The number of aryl methyl sites for hydroxylation is 1. The molecule has 0 unspecified atom stereocenters. The highest BCUT2D eigenvalue weighted by molar-refractivity contribution is 7.89. The molecular formula is C20H28ClN5O3S. The van der Waals surface area contributed by atoms with E-state index >= 15 is 0 Å². The number of hydrogen-bond donors (Lipinski definition) is 0. The Kier molecular flexibility index (Phi) is 7.05. The molecule has 0 atom stereocenters. The zero-order valence-electron chi connectivity index (χ0n) is 17.6. The Labute approximate surface area is 183 Å². The first-order valence-corrected chi connectivity index (χ1v) is 11.9. The maximum atomic E-state index is 13.3. The van der Waals surface area contributed by atoms with Gasteiger partial charge in [-0.15, -0.1) is 0 Å². The van der Waals surface area contributed by atoms with Gasteiger partial charge in [0.05, 0.1) is 16.3 Å². The van der Waals surface area contributed by atoms with E-state index in [1.54, 1.807) is 19.0 Å². The molecule has 1 aromatic carbocycles. The van der Waals surface area contributed by atoms with Crippen molar-refractivity contribution in [2.75, 3.05) is 44.7 Å². The van der Waals surface area contributed by atoms with Gasteiger partial charge in [-0.25, -0.2) is 8.42 Å². The van der Waals surface area contributed by atoms with Crippen LogP contribution in [0.4, 0.5) is 5.69 Å². The number of aromatic nitrogens is 2. The van der Waals surface area contributed by atoms with Gasteiger partial charge in [0.1, 0.15) is 0 Å². The van der Waals surface area contributed by atoms with Crippen molar-refractivity contribution in [2.24, 2.45) is 7.05 Å². The summed E-state index contributed by atoms with van der Waals surface area (Å²) in [6.07, 6.45) is 3.29. The second kappa shape index (κ2) is 9.36. The highest BCUT2D eigenvalue weighted by Gasteiger charge is 2.35. The molecule has 0 bridgehead atoms. The molecule has 1 aromatic heterocycles. The first-order valence-electron chi connectivity index (χ1n) is 10.0. The first-order chi connectivity index (χ1) is 14.3. The van der Waals surface area contributed by atoms with Crippen molar-refractivity contribution in [2.45, 2.75) is 24.8 Å². The average Bonchev–Trinajstić information content (AvgIpc) is 3.14. The molecule has 0 saturated carbocycles. The van der Waals surface area contributed by atoms with Crippen LogP contribution in [0.25, 0.3) is 0 Å². The van der Waals surface area contributed by atoms with Crippen molar-refractivity contribution in [1.29, 1.82) is 0 Å². The number of sulfonamides is 1. The van der Waals surface area contributed by atoms with Gasteiger partial charge in [-0.3, -0.25) is 9.48 Å². The van der Waals surface area contributed by atoms with E-state index in [0.717, 1.165) is 18.5 Å². The fourth-order valence-electron chi connectivity index (χ4n) is 3.51. The van der Waals surface area contributed by atoms with Crippen LogP contribution in [-0.4, -0.2) is 73.1 Å². The average molecular weight is 454 g/mol. The van der Waals surface area contributed by atoms with Crippen LogP contribution in [0.5, 0.6) is 0 Å². The third-order valence-corrected chi connectivity index (χ3v) is 7.39. The number of hydrogen-bond acceptors (Lipinski definition) is 5. The molecule has 1 aliphatic rings. The summed E-state index contributed by atoms with van der Waals surface area (Å²) in [6.45, 7) is 4.22. The van der Waals surface area contributed by atoms with Gasteiger partial charge in [-0.2, -0.15) is 9.40 Å². The second-order valence-electron chi connectivity index (χ2n) is 7.44. The van der Waals surface area contributed by atoms with Crippen LogP contribution in [0.3, 0.4) is 0 Å². The van der Waals surface area contributed by atoms with Crippen molar-refractivity contribution >= 4 is 33.2 Å². The van der Waals surface area contributed by atoms with Gasteiger partial charge >= 0.3 is 0 Å². The molecule has 2 aromatic rings. The lowest BCUT2D eigenvalue weighted by Crippen LogP contribution is -2.49. The highest BCUT2D eigenvalue weighted by atomic mass is 35.5. The van der Waals surface area contributed by atoms with Crippen molar-refractivity contribution < 1.29 is 13.2 Å². The number of para-hydroxylation sites is 1. The topological polar surface area (TPSA) is 78.8 Å². The molecule has 1 amide bonds. The monoisotopic (exact) mass is 453 g/mol. The minimum atomic E-state index is -3.89. The van der Waals surface area contributed by atoms with Gasteiger partial charge < -0.3 is 9.80 Å².